The molecule has 1 aromatic carbocycles. The highest BCUT2D eigenvalue weighted by Crippen LogP contribution is 2.57. The Morgan fingerprint density at radius 2 is 2.19 bits per heavy atom. The van der Waals surface area contributed by atoms with Crippen LogP contribution in [0.5, 0.6) is 0 Å². The summed E-state index contributed by atoms with van der Waals surface area (Å²) < 4.78 is 4.88. The molecule has 2 aliphatic rings. The summed E-state index contributed by atoms with van der Waals surface area (Å²) >= 11 is 0. The lowest BCUT2D eigenvalue weighted by Gasteiger charge is -2.45. The summed E-state index contributed by atoms with van der Waals surface area (Å²) in [7, 11) is 1.35. The number of hydrogen-bond donors (Lipinski definition) is 0. The summed E-state index contributed by atoms with van der Waals surface area (Å²) in [6, 6.07) is 7.34. The van der Waals surface area contributed by atoms with Crippen molar-refractivity contribution in [2.45, 2.75) is 37.6 Å². The normalized spacial score (nSPS) is 25.9. The number of nitrogens with zero attached hydrogens (tertiary/aromatic N) is 1. The third-order valence-corrected chi connectivity index (χ3v) is 4.65. The van der Waals surface area contributed by atoms with E-state index in [1.54, 1.807) is 0 Å². The molecule has 0 unspecified atom stereocenters. The molecule has 21 heavy (non-hydrogen) atoms. The van der Waals surface area contributed by atoms with E-state index in [0.29, 0.717) is 6.42 Å². The lowest BCUT2D eigenvalue weighted by atomic mass is 9.59. The number of carbonyl (C=O) groups excluding carboxylic acids is 2. The van der Waals surface area contributed by atoms with Crippen LogP contribution in [0.3, 0.4) is 0 Å². The van der Waals surface area contributed by atoms with Gasteiger partial charge in [-0.3, -0.25) is 9.69 Å². The molecule has 0 radical (unpaired) electrons. The molecule has 2 atom stereocenters. The van der Waals surface area contributed by atoms with Crippen molar-refractivity contribution < 1.29 is 14.3 Å². The molecule has 1 aliphatic carbocycles. The molecular weight excluding hydrogens is 266 g/mol. The molecule has 0 aromatic heterocycles. The summed E-state index contributed by atoms with van der Waals surface area (Å²) in [5.74, 6) is 0.110. The number of methoxy groups -OCH3 is 1. The number of para-hydroxylation sites is 1. The van der Waals surface area contributed by atoms with Crippen molar-refractivity contribution in [2.75, 3.05) is 12.0 Å². The van der Waals surface area contributed by atoms with Crippen LogP contribution < -0.4 is 4.90 Å². The van der Waals surface area contributed by atoms with Gasteiger partial charge in [0, 0.05) is 11.8 Å². The van der Waals surface area contributed by atoms with E-state index in [1.807, 2.05) is 31.2 Å². The lowest BCUT2D eigenvalue weighted by Crippen LogP contribution is -2.61. The Hall–Kier alpha value is -2.10. The number of benzene rings is 1. The standard InChI is InChI=1S/C17H19NO3/c1-11(2)8-9-17-10-14(19)15(17)18(16(20)21-3)13-7-5-4-6-12(13)17/h4-7,15H,1,8-10H2,2-3H3/t15-,17-/m0/s1. The van der Waals surface area contributed by atoms with Crippen LogP contribution >= 0.6 is 0 Å². The number of ether oxygens (including phenoxy) is 1. The first kappa shape index (κ1) is 13.9. The summed E-state index contributed by atoms with van der Waals surface area (Å²) in [5, 5.41) is 0. The van der Waals surface area contributed by atoms with Crippen LogP contribution in [0.25, 0.3) is 0 Å². The lowest BCUT2D eigenvalue weighted by molar-refractivity contribution is -0.130. The number of anilines is 1. The Morgan fingerprint density at radius 1 is 1.48 bits per heavy atom. The van der Waals surface area contributed by atoms with Gasteiger partial charge in [-0.15, -0.1) is 6.58 Å². The molecule has 1 fully saturated rings. The Labute approximate surface area is 124 Å². The Kier molecular flexibility index (Phi) is 3.12. The number of allylic oxidation sites excluding steroid dienone is 1. The fraction of sp³-hybridized carbons (Fsp3) is 0.412. The highest BCUT2D eigenvalue weighted by atomic mass is 16.5. The predicted octanol–water partition coefficient (Wildman–Crippen LogP) is 3.21. The van der Waals surface area contributed by atoms with Gasteiger partial charge in [0.1, 0.15) is 6.04 Å². The van der Waals surface area contributed by atoms with E-state index in [1.165, 1.54) is 12.0 Å². The summed E-state index contributed by atoms with van der Waals surface area (Å²) in [6.45, 7) is 5.94. The second-order valence-corrected chi connectivity index (χ2v) is 6.02. The zero-order chi connectivity index (χ0) is 15.2. The average Bonchev–Trinajstić information content (AvgIpc) is 2.70. The number of carbonyl (C=O) groups is 2. The number of ketones is 1. The van der Waals surface area contributed by atoms with E-state index in [-0.39, 0.29) is 11.2 Å². The van der Waals surface area contributed by atoms with Crippen molar-refractivity contribution in [1.82, 2.24) is 0 Å². The summed E-state index contributed by atoms with van der Waals surface area (Å²) in [4.78, 5) is 25.8. The highest BCUT2D eigenvalue weighted by Gasteiger charge is 2.63. The van der Waals surface area contributed by atoms with Crippen molar-refractivity contribution in [3.63, 3.8) is 0 Å². The van der Waals surface area contributed by atoms with Gasteiger partial charge >= 0.3 is 6.09 Å². The van der Waals surface area contributed by atoms with Gasteiger partial charge in [-0.05, 0) is 31.4 Å². The van der Waals surface area contributed by atoms with Crippen molar-refractivity contribution in [3.05, 3.63) is 42.0 Å². The molecule has 1 aromatic rings. The topological polar surface area (TPSA) is 46.6 Å². The smallest absolute Gasteiger partial charge is 0.414 e. The first-order valence-electron chi connectivity index (χ1n) is 7.15. The third-order valence-electron chi connectivity index (χ3n) is 4.65. The molecule has 1 saturated carbocycles. The molecule has 4 nitrogen and oxygen atoms in total. The van der Waals surface area contributed by atoms with Crippen LogP contribution in [0, 0.1) is 0 Å². The number of hydrogen-bond acceptors (Lipinski definition) is 3. The van der Waals surface area contributed by atoms with E-state index in [2.05, 4.69) is 6.58 Å². The van der Waals surface area contributed by atoms with Gasteiger partial charge in [0.2, 0.25) is 0 Å². The van der Waals surface area contributed by atoms with Gasteiger partial charge in [0.05, 0.1) is 12.8 Å². The summed E-state index contributed by atoms with van der Waals surface area (Å²) in [5.41, 5.74) is 2.72. The number of rotatable bonds is 3. The molecule has 1 heterocycles. The van der Waals surface area contributed by atoms with Crippen molar-refractivity contribution in [2.24, 2.45) is 0 Å². The van der Waals surface area contributed by atoms with Gasteiger partial charge < -0.3 is 4.74 Å². The Bertz CT molecular complexity index is 637. The fourth-order valence-corrected chi connectivity index (χ4v) is 3.66. The number of Topliss-reactive ketones (excluding diaryl/α,β-unsaturated/α-hetero) is 1. The zero-order valence-corrected chi connectivity index (χ0v) is 12.4. The first-order valence-corrected chi connectivity index (χ1v) is 7.15. The monoisotopic (exact) mass is 285 g/mol. The van der Waals surface area contributed by atoms with Gasteiger partial charge in [0.15, 0.2) is 5.78 Å². The molecule has 0 spiro atoms. The SMILES string of the molecule is C=C(C)CC[C@@]12CC(=O)[C@@H]1N(C(=O)OC)c1ccccc12. The van der Waals surface area contributed by atoms with E-state index in [9.17, 15) is 9.59 Å². The van der Waals surface area contributed by atoms with Gasteiger partial charge in [-0.25, -0.2) is 4.79 Å². The number of amides is 1. The van der Waals surface area contributed by atoms with Crippen molar-refractivity contribution in [3.8, 4) is 0 Å². The second kappa shape index (κ2) is 4.72. The summed E-state index contributed by atoms with van der Waals surface area (Å²) in [6.07, 6.45) is 1.73. The van der Waals surface area contributed by atoms with E-state index in [0.717, 1.165) is 29.7 Å². The van der Waals surface area contributed by atoms with E-state index < -0.39 is 12.1 Å². The van der Waals surface area contributed by atoms with Crippen LogP contribution in [0.2, 0.25) is 0 Å². The maximum absolute atomic E-state index is 12.2. The average molecular weight is 285 g/mol. The Balaban J connectivity index is 2.07. The molecule has 4 heteroatoms. The maximum atomic E-state index is 12.2. The highest BCUT2D eigenvalue weighted by molar-refractivity contribution is 6.08. The largest absolute Gasteiger partial charge is 0.452 e. The number of fused-ring (bicyclic) bond motifs is 3. The third kappa shape index (κ3) is 1.82. The molecule has 1 amide bonds. The quantitative estimate of drug-likeness (QED) is 0.801. The molecule has 1 aliphatic heterocycles. The van der Waals surface area contributed by atoms with E-state index in [4.69, 9.17) is 4.74 Å². The van der Waals surface area contributed by atoms with Gasteiger partial charge in [0.25, 0.3) is 0 Å². The Morgan fingerprint density at radius 3 is 2.81 bits per heavy atom. The van der Waals surface area contributed by atoms with Crippen LogP contribution in [0.15, 0.2) is 36.4 Å². The van der Waals surface area contributed by atoms with Crippen molar-refractivity contribution in [1.29, 1.82) is 0 Å². The van der Waals surface area contributed by atoms with Crippen LogP contribution in [0.1, 0.15) is 31.7 Å². The fourth-order valence-electron chi connectivity index (χ4n) is 3.66. The molecule has 110 valence electrons. The van der Waals surface area contributed by atoms with Crippen LogP contribution in [-0.2, 0) is 14.9 Å². The van der Waals surface area contributed by atoms with E-state index >= 15 is 0 Å². The van der Waals surface area contributed by atoms with Gasteiger partial charge in [-0.1, -0.05) is 23.8 Å². The molecular formula is C17H19NO3. The minimum Gasteiger partial charge on any atom is -0.452 e. The molecule has 0 N–H and O–H groups in total. The zero-order valence-electron chi connectivity index (χ0n) is 12.4. The molecule has 3 rings (SSSR count). The predicted molar refractivity (Wildman–Crippen MR) is 80.5 cm³/mol. The van der Waals surface area contributed by atoms with Crippen LogP contribution in [-0.4, -0.2) is 25.0 Å². The van der Waals surface area contributed by atoms with Gasteiger partial charge in [-0.2, -0.15) is 0 Å². The van der Waals surface area contributed by atoms with Crippen molar-refractivity contribution >= 4 is 17.6 Å². The first-order chi connectivity index (χ1) is 10.0. The molecule has 0 bridgehead atoms. The minimum atomic E-state index is -0.460. The molecule has 0 saturated heterocycles. The second-order valence-electron chi connectivity index (χ2n) is 6.02. The van der Waals surface area contributed by atoms with Crippen LogP contribution in [0.4, 0.5) is 10.5 Å². The minimum absolute atomic E-state index is 0.110. The maximum Gasteiger partial charge on any atom is 0.414 e.